The summed E-state index contributed by atoms with van der Waals surface area (Å²) in [6.07, 6.45) is 1.28. The van der Waals surface area contributed by atoms with Crippen LogP contribution in [0.1, 0.15) is 57.1 Å². The van der Waals surface area contributed by atoms with E-state index in [0.717, 1.165) is 16.7 Å². The molecule has 288 valence electrons. The van der Waals surface area contributed by atoms with Crippen LogP contribution >= 0.6 is 0 Å². The summed E-state index contributed by atoms with van der Waals surface area (Å²) in [4.78, 5) is 94.4. The Hall–Kier alpha value is -5.77. The fourth-order valence-corrected chi connectivity index (χ4v) is 4.96. The summed E-state index contributed by atoms with van der Waals surface area (Å²) < 4.78 is 5.32. The van der Waals surface area contributed by atoms with Gasteiger partial charge >= 0.3 is 6.09 Å². The minimum Gasteiger partial charge on any atom is -0.445 e. The Balaban J connectivity index is 2.32. The van der Waals surface area contributed by atoms with Crippen molar-refractivity contribution in [1.82, 2.24) is 26.3 Å². The van der Waals surface area contributed by atoms with Crippen molar-refractivity contribution < 1.29 is 43.1 Å². The van der Waals surface area contributed by atoms with E-state index in [4.69, 9.17) is 21.0 Å². The van der Waals surface area contributed by atoms with Crippen LogP contribution in [0.15, 0.2) is 72.8 Å². The van der Waals surface area contributed by atoms with Crippen molar-refractivity contribution in [3.63, 3.8) is 0 Å². The standard InChI is InChI=1S/C37H51N7O9/c1-24(2)21-29(43-37(51)53-23-26-13-9-6-10-14-26)35(49)42-30(22-25-11-7-5-8-12-25)36(50)41-28(17-19-32(39)46)34(48)40-27(15-18-31(38)45)16-20-33(47)44(3)52-4/h5-14,16,20,24,27-30H,15,17-19,21-23H2,1-4H3,(H2,38,45)(H2,39,46)(H,40,48)(H,41,50)(H,42,49)(H,43,51)/b20-16+/t27-,28-,29-,30-/m0/s1. The van der Waals surface area contributed by atoms with E-state index in [0.29, 0.717) is 5.56 Å². The quantitative estimate of drug-likeness (QED) is 0.0749. The number of benzene rings is 2. The largest absolute Gasteiger partial charge is 0.445 e. The Kier molecular flexibility index (Phi) is 18.8. The lowest BCUT2D eigenvalue weighted by molar-refractivity contribution is -0.162. The molecule has 2 aromatic carbocycles. The number of rotatable bonds is 22. The van der Waals surface area contributed by atoms with E-state index in [1.807, 2.05) is 19.9 Å². The fraction of sp³-hybridized carbons (Fsp3) is 0.432. The number of primary amides is 2. The molecule has 0 saturated heterocycles. The van der Waals surface area contributed by atoms with E-state index in [2.05, 4.69) is 21.3 Å². The number of carbonyl (C=O) groups excluding carboxylic acids is 7. The highest BCUT2D eigenvalue weighted by atomic mass is 16.7. The first-order chi connectivity index (χ1) is 25.2. The van der Waals surface area contributed by atoms with E-state index < -0.39 is 65.7 Å². The summed E-state index contributed by atoms with van der Waals surface area (Å²) in [5.74, 6) is -4.15. The highest BCUT2D eigenvalue weighted by Crippen LogP contribution is 2.11. The van der Waals surface area contributed by atoms with E-state index >= 15 is 0 Å². The topological polar surface area (TPSA) is 241 Å². The highest BCUT2D eigenvalue weighted by Gasteiger charge is 2.31. The Morgan fingerprint density at radius 3 is 1.81 bits per heavy atom. The van der Waals surface area contributed by atoms with Gasteiger partial charge in [0.15, 0.2) is 0 Å². The Morgan fingerprint density at radius 1 is 0.717 bits per heavy atom. The summed E-state index contributed by atoms with van der Waals surface area (Å²) in [6, 6.07) is 13.3. The molecule has 0 aliphatic carbocycles. The molecule has 0 saturated carbocycles. The SMILES string of the molecule is CON(C)C(=O)/C=C/[C@H](CCC(N)=O)NC(=O)[C@H](CCC(N)=O)NC(=O)[C@H](Cc1ccccc1)NC(=O)[C@H](CC(C)C)NC(=O)OCc1ccccc1. The smallest absolute Gasteiger partial charge is 0.408 e. The first-order valence-electron chi connectivity index (χ1n) is 17.2. The molecular weight excluding hydrogens is 686 g/mol. The number of ether oxygens (including phenoxy) is 1. The number of nitrogens with two attached hydrogens (primary N) is 2. The number of amides is 7. The first-order valence-corrected chi connectivity index (χ1v) is 17.2. The van der Waals surface area contributed by atoms with Crippen molar-refractivity contribution in [3.05, 3.63) is 83.9 Å². The molecule has 16 heteroatoms. The van der Waals surface area contributed by atoms with Crippen molar-refractivity contribution in [2.24, 2.45) is 17.4 Å². The zero-order valence-corrected chi connectivity index (χ0v) is 30.5. The molecule has 0 aliphatic rings. The van der Waals surface area contributed by atoms with Crippen LogP contribution in [0, 0.1) is 5.92 Å². The maximum Gasteiger partial charge on any atom is 0.408 e. The van der Waals surface area contributed by atoms with Crippen LogP contribution in [0.4, 0.5) is 4.79 Å². The van der Waals surface area contributed by atoms with E-state index in [1.54, 1.807) is 54.6 Å². The molecule has 2 aromatic rings. The van der Waals surface area contributed by atoms with Gasteiger partial charge < -0.3 is 37.5 Å². The molecule has 4 atom stereocenters. The van der Waals surface area contributed by atoms with Gasteiger partial charge in [-0.2, -0.15) is 0 Å². The average molecular weight is 738 g/mol. The fourth-order valence-electron chi connectivity index (χ4n) is 4.96. The second-order valence-electron chi connectivity index (χ2n) is 12.7. The van der Waals surface area contributed by atoms with Gasteiger partial charge in [-0.1, -0.05) is 80.6 Å². The second kappa shape index (κ2) is 22.9. The van der Waals surface area contributed by atoms with E-state index in [9.17, 15) is 33.6 Å². The summed E-state index contributed by atoms with van der Waals surface area (Å²) in [7, 11) is 2.67. The molecule has 0 aliphatic heterocycles. The molecule has 0 radical (unpaired) electrons. The summed E-state index contributed by atoms with van der Waals surface area (Å²) in [6.45, 7) is 3.71. The molecule has 8 N–H and O–H groups in total. The van der Waals surface area contributed by atoms with Crippen LogP contribution in [0.2, 0.25) is 0 Å². The number of nitrogens with one attached hydrogen (secondary N) is 4. The zero-order valence-electron chi connectivity index (χ0n) is 30.5. The van der Waals surface area contributed by atoms with E-state index in [1.165, 1.54) is 20.2 Å². The van der Waals surface area contributed by atoms with Crippen LogP contribution in [-0.4, -0.2) is 84.9 Å². The van der Waals surface area contributed by atoms with Gasteiger partial charge in [-0.15, -0.1) is 0 Å². The monoisotopic (exact) mass is 737 g/mol. The molecule has 0 fully saturated rings. The lowest BCUT2D eigenvalue weighted by Gasteiger charge is -2.26. The van der Waals surface area contributed by atoms with Crippen LogP contribution in [-0.2, 0) is 51.4 Å². The number of nitrogens with zero attached hydrogens (tertiary/aromatic N) is 1. The zero-order chi connectivity index (χ0) is 39.3. The third kappa shape index (κ3) is 17.3. The van der Waals surface area contributed by atoms with Crippen molar-refractivity contribution in [2.75, 3.05) is 14.2 Å². The number of alkyl carbamates (subject to hydrolysis) is 1. The molecule has 0 aromatic heterocycles. The minimum atomic E-state index is -1.33. The number of carbonyl (C=O) groups is 7. The summed E-state index contributed by atoms with van der Waals surface area (Å²) >= 11 is 0. The average Bonchev–Trinajstić information content (AvgIpc) is 3.12. The summed E-state index contributed by atoms with van der Waals surface area (Å²) in [5.41, 5.74) is 12.1. The molecule has 7 amide bonds. The lowest BCUT2D eigenvalue weighted by Crippen LogP contribution is -2.58. The minimum absolute atomic E-state index is 0.00846. The van der Waals surface area contributed by atoms with Crippen LogP contribution in [0.5, 0.6) is 0 Å². The van der Waals surface area contributed by atoms with Gasteiger partial charge in [0, 0.05) is 38.4 Å². The predicted molar refractivity (Wildman–Crippen MR) is 195 cm³/mol. The van der Waals surface area contributed by atoms with Crippen molar-refractivity contribution >= 4 is 41.5 Å². The molecule has 16 nitrogen and oxygen atoms in total. The number of hydrogen-bond donors (Lipinski definition) is 6. The van der Waals surface area contributed by atoms with Gasteiger partial charge in [-0.25, -0.2) is 9.86 Å². The summed E-state index contributed by atoms with van der Waals surface area (Å²) in [5, 5.41) is 11.5. The first kappa shape index (κ1) is 43.4. The van der Waals surface area contributed by atoms with Crippen molar-refractivity contribution in [2.45, 2.75) is 83.1 Å². The molecule has 0 spiro atoms. The van der Waals surface area contributed by atoms with E-state index in [-0.39, 0.29) is 51.0 Å². The van der Waals surface area contributed by atoms with Crippen molar-refractivity contribution in [1.29, 1.82) is 0 Å². The normalized spacial score (nSPS) is 13.2. The van der Waals surface area contributed by atoms with Crippen LogP contribution in [0.3, 0.4) is 0 Å². The van der Waals surface area contributed by atoms with Gasteiger partial charge in [-0.05, 0) is 36.3 Å². The molecule has 53 heavy (non-hydrogen) atoms. The number of likely N-dealkylation sites (N-methyl/N-ethyl adjacent to an activating group) is 1. The number of hydroxylamine groups is 2. The van der Waals surface area contributed by atoms with Crippen LogP contribution < -0.4 is 32.7 Å². The van der Waals surface area contributed by atoms with Gasteiger partial charge in [0.05, 0.1) is 7.11 Å². The number of hydrogen-bond acceptors (Lipinski definition) is 9. The molecule has 0 heterocycles. The maximum absolute atomic E-state index is 13.9. The molecule has 0 unspecified atom stereocenters. The predicted octanol–water partition coefficient (Wildman–Crippen LogP) is 1.13. The molecule has 2 rings (SSSR count). The van der Waals surface area contributed by atoms with Gasteiger partial charge in [0.1, 0.15) is 24.7 Å². The molecular formula is C37H51N7O9. The second-order valence-corrected chi connectivity index (χ2v) is 12.7. The van der Waals surface area contributed by atoms with Crippen LogP contribution in [0.25, 0.3) is 0 Å². The Bertz CT molecular complexity index is 1550. The maximum atomic E-state index is 13.9. The Labute approximate surface area is 309 Å². The van der Waals surface area contributed by atoms with Gasteiger partial charge in [-0.3, -0.25) is 33.6 Å². The highest BCUT2D eigenvalue weighted by molar-refractivity contribution is 5.94. The molecule has 0 bridgehead atoms. The van der Waals surface area contributed by atoms with Gasteiger partial charge in [0.25, 0.3) is 5.91 Å². The van der Waals surface area contributed by atoms with Gasteiger partial charge in [0.2, 0.25) is 29.5 Å². The third-order valence-corrected chi connectivity index (χ3v) is 7.84. The Morgan fingerprint density at radius 2 is 1.25 bits per heavy atom. The third-order valence-electron chi connectivity index (χ3n) is 7.84. The van der Waals surface area contributed by atoms with Crippen molar-refractivity contribution in [3.8, 4) is 0 Å². The lowest BCUT2D eigenvalue weighted by atomic mass is 10.0.